The average molecular weight is 617 g/mol. The van der Waals surface area contributed by atoms with Gasteiger partial charge in [-0.15, -0.1) is 0 Å². The Labute approximate surface area is 254 Å². The van der Waals surface area contributed by atoms with Crippen LogP contribution in [0, 0.1) is 0 Å². The van der Waals surface area contributed by atoms with Gasteiger partial charge in [-0.1, -0.05) is 60.7 Å². The minimum atomic E-state index is -2.17. The number of ether oxygens (including phenoxy) is 2. The van der Waals surface area contributed by atoms with Crippen molar-refractivity contribution < 1.29 is 28.4 Å². The highest BCUT2D eigenvalue weighted by Gasteiger charge is 2.73. The summed E-state index contributed by atoms with van der Waals surface area (Å²) in [5.74, 6) is 0.0613. The maximum atomic E-state index is 12.0. The number of aromatic nitrogens is 4. The Balaban J connectivity index is 1.14. The summed E-state index contributed by atoms with van der Waals surface area (Å²) in [6.07, 6.45) is 2.12. The van der Waals surface area contributed by atoms with Crippen molar-refractivity contribution >= 4 is 25.4 Å². The van der Waals surface area contributed by atoms with Gasteiger partial charge < -0.3 is 34.1 Å². The first-order chi connectivity index (χ1) is 21.3. The highest BCUT2D eigenvalue weighted by molar-refractivity contribution is 7.46. The van der Waals surface area contributed by atoms with Crippen LogP contribution in [0.15, 0.2) is 96.1 Å². The number of aliphatic hydroxyl groups is 1. The van der Waals surface area contributed by atoms with Gasteiger partial charge in [-0.05, 0) is 37.1 Å². The van der Waals surface area contributed by atoms with Crippen molar-refractivity contribution in [3.63, 3.8) is 0 Å². The molecule has 12 nitrogen and oxygen atoms in total. The first-order valence-corrected chi connectivity index (χ1v) is 15.5. The van der Waals surface area contributed by atoms with E-state index in [0.29, 0.717) is 16.9 Å². The number of nitrogen functional groups attached to an aromatic ring is 1. The minimum absolute atomic E-state index is 0.109. The maximum absolute atomic E-state index is 12.0. The van der Waals surface area contributed by atoms with Crippen molar-refractivity contribution in [2.75, 3.05) is 12.3 Å². The number of rotatable bonds is 10. The summed E-state index contributed by atoms with van der Waals surface area (Å²) >= 11 is 0. The molecular weight excluding hydrogens is 583 g/mol. The Hall–Kier alpha value is -3.74. The van der Waals surface area contributed by atoms with E-state index in [1.807, 2.05) is 60.7 Å². The molecule has 228 valence electrons. The van der Waals surface area contributed by atoms with Crippen LogP contribution in [-0.4, -0.2) is 59.5 Å². The van der Waals surface area contributed by atoms with Crippen LogP contribution in [0.1, 0.15) is 48.8 Å². The number of fused-ring (bicyclic) bond motifs is 2. The summed E-state index contributed by atoms with van der Waals surface area (Å²) in [6.45, 7) is 3.49. The van der Waals surface area contributed by atoms with Gasteiger partial charge in [0.2, 0.25) is 0 Å². The van der Waals surface area contributed by atoms with Crippen molar-refractivity contribution in [1.82, 2.24) is 24.8 Å². The monoisotopic (exact) mass is 616 g/mol. The lowest BCUT2D eigenvalue weighted by Gasteiger charge is -2.56. The molecule has 0 aliphatic carbocycles. The molecule has 5 heterocycles. The van der Waals surface area contributed by atoms with Gasteiger partial charge in [0.05, 0.1) is 30.8 Å². The van der Waals surface area contributed by atoms with Gasteiger partial charge in [-0.2, -0.15) is 0 Å². The van der Waals surface area contributed by atoms with E-state index in [0.717, 1.165) is 11.1 Å². The fraction of sp³-hybridized carbons (Fsp3) is 0.323. The second-order valence-electron chi connectivity index (χ2n) is 11.4. The van der Waals surface area contributed by atoms with Crippen LogP contribution in [0.25, 0.3) is 11.2 Å². The molecule has 0 saturated carbocycles. The summed E-state index contributed by atoms with van der Waals surface area (Å²) in [6, 6.07) is 23.3. The third-order valence-electron chi connectivity index (χ3n) is 8.52. The lowest BCUT2D eigenvalue weighted by molar-refractivity contribution is -0.335. The summed E-state index contributed by atoms with van der Waals surface area (Å²) in [7, 11) is -2.17. The maximum Gasteiger partial charge on any atom is 0.194 e. The first kappa shape index (κ1) is 29.0. The van der Waals surface area contributed by atoms with E-state index in [4.69, 9.17) is 24.1 Å². The zero-order valence-corrected chi connectivity index (χ0v) is 25.0. The van der Waals surface area contributed by atoms with Crippen molar-refractivity contribution in [3.05, 3.63) is 109 Å². The molecule has 2 aromatic carbocycles. The lowest BCUT2D eigenvalue weighted by atomic mass is 9.72. The molecule has 2 aliphatic heterocycles. The smallest absolute Gasteiger partial charge is 0.194 e. The predicted molar refractivity (Wildman–Crippen MR) is 162 cm³/mol. The number of nitrogens with two attached hydrogens (primary N) is 1. The molecule has 5 N–H and O–H groups in total. The SMILES string of the molecule is CC1(C)O[C@H]2[C@H](n3cnc4c(N)ncnc43)O[C@H](COP(O)C(NC(c3ccccc3)c3ccccc3)c3ccco3)[C@@]21O. The van der Waals surface area contributed by atoms with Crippen molar-refractivity contribution in [2.24, 2.45) is 0 Å². The van der Waals surface area contributed by atoms with Gasteiger partial charge in [-0.25, -0.2) is 15.0 Å². The molecule has 7 rings (SSSR count). The number of anilines is 1. The van der Waals surface area contributed by atoms with Gasteiger partial charge in [0.25, 0.3) is 0 Å². The van der Waals surface area contributed by atoms with Gasteiger partial charge in [0.15, 0.2) is 31.7 Å². The van der Waals surface area contributed by atoms with Gasteiger partial charge in [-0.3, -0.25) is 9.88 Å². The Morgan fingerprint density at radius 1 is 1.02 bits per heavy atom. The molecule has 2 fully saturated rings. The standard InChI is InChI=1S/C31H33N6O6P/c1-30(2)31(38)22(42-29(25(31)43-30)37-18-35-24-26(32)33-17-34-27(24)37)16-41-44(39)28(21-14-9-15-40-21)36-23(19-10-5-3-6-11-19)20-12-7-4-8-13-20/h3-15,17-18,22-23,25,28-29,36,38-39H,16H2,1-2H3,(H2,32,33,34)/t22-,25+,28?,29-,31-,44?/m1/s1. The third-order valence-corrected chi connectivity index (χ3v) is 9.78. The zero-order chi connectivity index (χ0) is 30.5. The molecule has 0 radical (unpaired) electrons. The fourth-order valence-corrected chi connectivity index (χ4v) is 7.24. The third kappa shape index (κ3) is 4.79. The highest BCUT2D eigenvalue weighted by atomic mass is 31.2. The Morgan fingerprint density at radius 3 is 2.36 bits per heavy atom. The number of nitrogens with zero attached hydrogens (tertiary/aromatic N) is 4. The second-order valence-corrected chi connectivity index (χ2v) is 12.8. The molecule has 44 heavy (non-hydrogen) atoms. The van der Waals surface area contributed by atoms with Gasteiger partial charge in [0, 0.05) is 0 Å². The first-order valence-electron chi connectivity index (χ1n) is 14.3. The largest absolute Gasteiger partial charge is 0.467 e. The highest BCUT2D eigenvalue weighted by Crippen LogP contribution is 2.57. The van der Waals surface area contributed by atoms with Crippen LogP contribution in [0.4, 0.5) is 5.82 Å². The van der Waals surface area contributed by atoms with Crippen molar-refractivity contribution in [2.45, 2.75) is 55.3 Å². The zero-order valence-electron chi connectivity index (χ0n) is 24.1. The molecule has 0 amide bonds. The summed E-state index contributed by atoms with van der Waals surface area (Å²) in [4.78, 5) is 24.3. The Morgan fingerprint density at radius 2 is 1.73 bits per heavy atom. The summed E-state index contributed by atoms with van der Waals surface area (Å²) in [5, 5.41) is 15.6. The Bertz CT molecular complexity index is 1680. The number of hydrogen-bond donors (Lipinski definition) is 4. The normalized spacial score (nSPS) is 25.5. The van der Waals surface area contributed by atoms with Crippen LogP contribution >= 0.6 is 8.38 Å². The van der Waals surface area contributed by atoms with E-state index in [2.05, 4.69) is 20.3 Å². The van der Waals surface area contributed by atoms with E-state index in [1.54, 1.807) is 43.1 Å². The van der Waals surface area contributed by atoms with E-state index in [1.165, 1.54) is 6.33 Å². The molecule has 6 atom stereocenters. The lowest BCUT2D eigenvalue weighted by Crippen LogP contribution is -2.74. The fourth-order valence-electron chi connectivity index (χ4n) is 6.16. The molecule has 5 aromatic rings. The summed E-state index contributed by atoms with van der Waals surface area (Å²) in [5.41, 5.74) is 6.55. The topological polar surface area (TPSA) is 163 Å². The predicted octanol–water partition coefficient (Wildman–Crippen LogP) is 4.21. The van der Waals surface area contributed by atoms with Crippen LogP contribution in [-0.2, 0) is 14.0 Å². The van der Waals surface area contributed by atoms with E-state index < -0.39 is 43.8 Å². The van der Waals surface area contributed by atoms with Gasteiger partial charge in [0.1, 0.15) is 35.6 Å². The Kier molecular flexibility index (Phi) is 7.46. The van der Waals surface area contributed by atoms with Crippen LogP contribution in [0.2, 0.25) is 0 Å². The molecule has 2 saturated heterocycles. The molecule has 3 aromatic heterocycles. The van der Waals surface area contributed by atoms with E-state index in [-0.39, 0.29) is 18.5 Å². The quantitative estimate of drug-likeness (QED) is 0.166. The molecule has 13 heteroatoms. The minimum Gasteiger partial charge on any atom is -0.467 e. The number of furan rings is 1. The van der Waals surface area contributed by atoms with Gasteiger partial charge >= 0.3 is 0 Å². The average Bonchev–Trinajstić information content (AvgIpc) is 3.77. The van der Waals surface area contributed by atoms with Crippen molar-refractivity contribution in [1.29, 1.82) is 0 Å². The second kappa shape index (κ2) is 11.3. The molecule has 2 aliphatic rings. The summed E-state index contributed by atoms with van der Waals surface area (Å²) < 4.78 is 26.1. The van der Waals surface area contributed by atoms with E-state index >= 15 is 0 Å². The number of hydrogen-bond acceptors (Lipinski definition) is 11. The molecule has 2 unspecified atom stereocenters. The molecule has 0 spiro atoms. The van der Waals surface area contributed by atoms with E-state index in [9.17, 15) is 10.00 Å². The number of imidazole rings is 1. The van der Waals surface area contributed by atoms with Crippen molar-refractivity contribution in [3.8, 4) is 0 Å². The molecular formula is C31H33N6O6P. The van der Waals surface area contributed by atoms with Crippen LogP contribution in [0.5, 0.6) is 0 Å². The number of nitrogens with one attached hydrogen (secondary N) is 1. The van der Waals surface area contributed by atoms with Crippen LogP contribution < -0.4 is 11.1 Å². The molecule has 0 bridgehead atoms. The number of benzene rings is 2. The van der Waals surface area contributed by atoms with Crippen LogP contribution in [0.3, 0.4) is 0 Å².